The Balaban J connectivity index is 1.54. The van der Waals surface area contributed by atoms with Crippen molar-refractivity contribution in [3.05, 3.63) is 71.1 Å². The van der Waals surface area contributed by atoms with Crippen LogP contribution in [0.2, 0.25) is 0 Å². The fourth-order valence-corrected chi connectivity index (χ4v) is 2.74. The fourth-order valence-electron chi connectivity index (χ4n) is 2.74. The van der Waals surface area contributed by atoms with Gasteiger partial charge >= 0.3 is 0 Å². The van der Waals surface area contributed by atoms with Crippen molar-refractivity contribution in [2.24, 2.45) is 0 Å². The number of nitrogens with zero attached hydrogens (tertiary/aromatic N) is 1. The number of carbonyl (C=O) groups excluding carboxylic acids is 1. The van der Waals surface area contributed by atoms with Gasteiger partial charge in [0.1, 0.15) is 17.3 Å². The predicted octanol–water partition coefficient (Wildman–Crippen LogP) is 4.96. The molecule has 1 heterocycles. The molecule has 134 valence electrons. The van der Waals surface area contributed by atoms with E-state index in [4.69, 9.17) is 9.26 Å². The first kappa shape index (κ1) is 17.7. The van der Waals surface area contributed by atoms with Gasteiger partial charge in [-0.15, -0.1) is 0 Å². The van der Waals surface area contributed by atoms with E-state index in [1.807, 2.05) is 69.3 Å². The quantitative estimate of drug-likeness (QED) is 0.682. The molecule has 1 amide bonds. The molecular formula is C21H22N2O3. The summed E-state index contributed by atoms with van der Waals surface area (Å²) in [7, 11) is 0. The molecular weight excluding hydrogens is 328 g/mol. The highest BCUT2D eigenvalue weighted by Crippen LogP contribution is 2.24. The summed E-state index contributed by atoms with van der Waals surface area (Å²) in [6, 6.07) is 15.2. The van der Waals surface area contributed by atoms with Gasteiger partial charge in [-0.05, 0) is 69.2 Å². The Kier molecular flexibility index (Phi) is 5.37. The van der Waals surface area contributed by atoms with E-state index in [0.29, 0.717) is 12.8 Å². The first-order valence-corrected chi connectivity index (χ1v) is 8.57. The lowest BCUT2D eigenvalue weighted by molar-refractivity contribution is -0.116. The normalized spacial score (nSPS) is 10.6. The van der Waals surface area contributed by atoms with E-state index in [0.717, 1.165) is 39.8 Å². The second kappa shape index (κ2) is 7.87. The highest BCUT2D eigenvalue weighted by molar-refractivity contribution is 5.90. The average molecular weight is 350 g/mol. The lowest BCUT2D eigenvalue weighted by atomic mass is 10.1. The molecule has 1 aromatic heterocycles. The second-order valence-electron chi connectivity index (χ2n) is 6.29. The van der Waals surface area contributed by atoms with Crippen LogP contribution in [0, 0.1) is 20.8 Å². The van der Waals surface area contributed by atoms with E-state index in [-0.39, 0.29) is 5.91 Å². The largest absolute Gasteiger partial charge is 0.457 e. The number of amides is 1. The topological polar surface area (TPSA) is 64.4 Å². The van der Waals surface area contributed by atoms with E-state index < -0.39 is 0 Å². The van der Waals surface area contributed by atoms with Gasteiger partial charge in [-0.2, -0.15) is 0 Å². The highest BCUT2D eigenvalue weighted by atomic mass is 16.5. The Morgan fingerprint density at radius 2 is 1.85 bits per heavy atom. The van der Waals surface area contributed by atoms with Crippen LogP contribution in [-0.4, -0.2) is 11.1 Å². The van der Waals surface area contributed by atoms with Gasteiger partial charge in [0.05, 0.1) is 5.69 Å². The summed E-state index contributed by atoms with van der Waals surface area (Å²) in [6.07, 6.45) is 0.992. The molecule has 0 radical (unpaired) electrons. The van der Waals surface area contributed by atoms with Crippen LogP contribution in [0.3, 0.4) is 0 Å². The molecule has 0 saturated heterocycles. The summed E-state index contributed by atoms with van der Waals surface area (Å²) >= 11 is 0. The molecule has 0 spiro atoms. The number of hydrogen-bond acceptors (Lipinski definition) is 4. The molecule has 5 heteroatoms. The van der Waals surface area contributed by atoms with Crippen molar-refractivity contribution < 1.29 is 14.1 Å². The third-order valence-corrected chi connectivity index (χ3v) is 4.15. The molecule has 5 nitrogen and oxygen atoms in total. The Hall–Kier alpha value is -3.08. The predicted molar refractivity (Wildman–Crippen MR) is 101 cm³/mol. The minimum absolute atomic E-state index is 0.0441. The average Bonchev–Trinajstić information content (AvgIpc) is 2.93. The zero-order valence-electron chi connectivity index (χ0n) is 15.2. The third kappa shape index (κ3) is 4.51. The molecule has 0 fully saturated rings. The van der Waals surface area contributed by atoms with Crippen molar-refractivity contribution in [1.29, 1.82) is 0 Å². The Bertz CT molecular complexity index is 878. The molecule has 0 bridgehead atoms. The van der Waals surface area contributed by atoms with E-state index in [2.05, 4.69) is 10.5 Å². The molecule has 26 heavy (non-hydrogen) atoms. The maximum atomic E-state index is 12.2. The summed E-state index contributed by atoms with van der Waals surface area (Å²) in [5, 5.41) is 6.80. The Labute approximate surface area is 153 Å². The third-order valence-electron chi connectivity index (χ3n) is 4.15. The maximum absolute atomic E-state index is 12.2. The summed E-state index contributed by atoms with van der Waals surface area (Å²) < 4.78 is 10.9. The standard InChI is InChI=1S/C21H22N2O3/c1-14-5-4-6-19(13-14)25-18-9-7-17(8-10-18)22-21(24)12-11-20-15(2)23-26-16(20)3/h4-10,13H,11-12H2,1-3H3,(H,22,24). The number of hydrogen-bond donors (Lipinski definition) is 1. The molecule has 0 aliphatic heterocycles. The molecule has 0 atom stereocenters. The molecule has 0 aliphatic carbocycles. The SMILES string of the molecule is Cc1cccc(Oc2ccc(NC(=O)CCc3c(C)noc3C)cc2)c1. The Morgan fingerprint density at radius 1 is 1.08 bits per heavy atom. The van der Waals surface area contributed by atoms with Crippen LogP contribution in [0.15, 0.2) is 53.1 Å². The zero-order valence-corrected chi connectivity index (χ0v) is 15.2. The summed E-state index contributed by atoms with van der Waals surface area (Å²) in [4.78, 5) is 12.2. The minimum Gasteiger partial charge on any atom is -0.457 e. The first-order chi connectivity index (χ1) is 12.5. The Morgan fingerprint density at radius 3 is 2.50 bits per heavy atom. The molecule has 0 saturated carbocycles. The van der Waals surface area contributed by atoms with Crippen molar-refractivity contribution in [1.82, 2.24) is 5.16 Å². The summed E-state index contributed by atoms with van der Waals surface area (Å²) in [5.74, 6) is 2.25. The summed E-state index contributed by atoms with van der Waals surface area (Å²) in [6.45, 7) is 5.77. The number of rotatable bonds is 6. The van der Waals surface area contributed by atoms with E-state index in [1.54, 1.807) is 0 Å². The van der Waals surface area contributed by atoms with Crippen molar-refractivity contribution in [2.45, 2.75) is 33.6 Å². The van der Waals surface area contributed by atoms with Gasteiger partial charge in [0.25, 0.3) is 0 Å². The number of nitrogens with one attached hydrogen (secondary N) is 1. The van der Waals surface area contributed by atoms with Crippen LogP contribution in [0.1, 0.15) is 29.0 Å². The number of anilines is 1. The minimum atomic E-state index is -0.0441. The van der Waals surface area contributed by atoms with Crippen LogP contribution in [0.25, 0.3) is 0 Å². The van der Waals surface area contributed by atoms with Gasteiger partial charge in [0.2, 0.25) is 5.91 Å². The van der Waals surface area contributed by atoms with E-state index in [9.17, 15) is 4.79 Å². The number of benzene rings is 2. The van der Waals surface area contributed by atoms with Crippen molar-refractivity contribution in [3.63, 3.8) is 0 Å². The number of aryl methyl sites for hydroxylation is 3. The highest BCUT2D eigenvalue weighted by Gasteiger charge is 2.11. The van der Waals surface area contributed by atoms with Crippen LogP contribution in [0.4, 0.5) is 5.69 Å². The molecule has 0 unspecified atom stereocenters. The lowest BCUT2D eigenvalue weighted by Gasteiger charge is -2.08. The fraction of sp³-hybridized carbons (Fsp3) is 0.238. The second-order valence-corrected chi connectivity index (χ2v) is 6.29. The number of aromatic nitrogens is 1. The van der Waals surface area contributed by atoms with Crippen LogP contribution >= 0.6 is 0 Å². The van der Waals surface area contributed by atoms with Crippen LogP contribution < -0.4 is 10.1 Å². The monoisotopic (exact) mass is 350 g/mol. The van der Waals surface area contributed by atoms with E-state index >= 15 is 0 Å². The van der Waals surface area contributed by atoms with Crippen LogP contribution in [-0.2, 0) is 11.2 Å². The van der Waals surface area contributed by atoms with Gasteiger partial charge < -0.3 is 14.6 Å². The number of ether oxygens (including phenoxy) is 1. The van der Waals surface area contributed by atoms with Crippen molar-refractivity contribution in [3.8, 4) is 11.5 Å². The first-order valence-electron chi connectivity index (χ1n) is 8.57. The zero-order chi connectivity index (χ0) is 18.5. The van der Waals surface area contributed by atoms with E-state index in [1.165, 1.54) is 0 Å². The van der Waals surface area contributed by atoms with Gasteiger partial charge in [-0.25, -0.2) is 0 Å². The summed E-state index contributed by atoms with van der Waals surface area (Å²) in [5.41, 5.74) is 3.73. The number of carbonyl (C=O) groups is 1. The van der Waals surface area contributed by atoms with Crippen molar-refractivity contribution in [2.75, 3.05) is 5.32 Å². The van der Waals surface area contributed by atoms with Crippen molar-refractivity contribution >= 4 is 11.6 Å². The molecule has 1 N–H and O–H groups in total. The molecule has 2 aromatic carbocycles. The smallest absolute Gasteiger partial charge is 0.224 e. The van der Waals surface area contributed by atoms with Crippen LogP contribution in [0.5, 0.6) is 11.5 Å². The molecule has 0 aliphatic rings. The van der Waals surface area contributed by atoms with Gasteiger partial charge in [-0.1, -0.05) is 17.3 Å². The van der Waals surface area contributed by atoms with Gasteiger partial charge in [0, 0.05) is 17.7 Å². The molecule has 3 rings (SSSR count). The maximum Gasteiger partial charge on any atom is 0.224 e. The van der Waals surface area contributed by atoms with Gasteiger partial charge in [0.15, 0.2) is 0 Å². The lowest BCUT2D eigenvalue weighted by Crippen LogP contribution is -2.12. The molecule has 3 aromatic rings. The van der Waals surface area contributed by atoms with Gasteiger partial charge in [-0.3, -0.25) is 4.79 Å².